The highest BCUT2D eigenvalue weighted by molar-refractivity contribution is 6.01. The number of amides is 1. The number of carbonyl (C=O) groups is 2. The maximum Gasteiger partial charge on any atom is 0.331 e. The molecule has 0 bridgehead atoms. The lowest BCUT2D eigenvalue weighted by molar-refractivity contribution is -0.133. The topological polar surface area (TPSA) is 70.8 Å². The predicted octanol–water partition coefficient (Wildman–Crippen LogP) is 2.78. The molecule has 1 aromatic heterocycles. The third-order valence-electron chi connectivity index (χ3n) is 4.10. The molecule has 5 heteroatoms. The summed E-state index contributed by atoms with van der Waals surface area (Å²) < 4.78 is 5.76. The number of rotatable bonds is 5. The molecule has 5 nitrogen and oxygen atoms in total. The number of hydrogen-bond donors (Lipinski definition) is 1. The van der Waals surface area contributed by atoms with E-state index in [-0.39, 0.29) is 17.1 Å². The second-order valence-electron chi connectivity index (χ2n) is 5.84. The average molecular weight is 291 g/mol. The molecule has 1 aromatic rings. The Morgan fingerprint density at radius 1 is 1.33 bits per heavy atom. The minimum atomic E-state index is -1.07. The highest BCUT2D eigenvalue weighted by atomic mass is 16.4. The number of nitrogens with zero attached hydrogens (tertiary/aromatic N) is 1. The molecule has 1 fully saturated rings. The molecule has 0 aromatic carbocycles. The van der Waals surface area contributed by atoms with Crippen molar-refractivity contribution in [1.82, 2.24) is 4.90 Å². The molecular weight excluding hydrogens is 270 g/mol. The van der Waals surface area contributed by atoms with E-state index in [9.17, 15) is 9.59 Å². The summed E-state index contributed by atoms with van der Waals surface area (Å²) in [6.07, 6.45) is 1.15. The molecule has 1 amide bonds. The van der Waals surface area contributed by atoms with Crippen molar-refractivity contribution >= 4 is 11.9 Å². The summed E-state index contributed by atoms with van der Waals surface area (Å²) in [5, 5.41) is 8.92. The molecule has 2 rings (SSSR count). The van der Waals surface area contributed by atoms with Crippen molar-refractivity contribution in [2.45, 2.75) is 39.7 Å². The van der Waals surface area contributed by atoms with Gasteiger partial charge in [-0.2, -0.15) is 0 Å². The lowest BCUT2D eigenvalue weighted by atomic mass is 10.1. The summed E-state index contributed by atoms with van der Waals surface area (Å²) >= 11 is 0. The minimum Gasteiger partial charge on any atom is -0.478 e. The first-order valence-corrected chi connectivity index (χ1v) is 7.06. The van der Waals surface area contributed by atoms with Gasteiger partial charge in [0.15, 0.2) is 0 Å². The summed E-state index contributed by atoms with van der Waals surface area (Å²) in [5.41, 5.74) is 0.311. The largest absolute Gasteiger partial charge is 0.478 e. The first kappa shape index (κ1) is 15.4. The maximum absolute atomic E-state index is 12.2. The van der Waals surface area contributed by atoms with E-state index >= 15 is 0 Å². The van der Waals surface area contributed by atoms with Gasteiger partial charge in [0.2, 0.25) is 5.91 Å². The molecule has 114 valence electrons. The third kappa shape index (κ3) is 3.35. The Hall–Kier alpha value is -2.04. The van der Waals surface area contributed by atoms with E-state index in [0.717, 1.165) is 17.9 Å². The van der Waals surface area contributed by atoms with Crippen LogP contribution in [0.2, 0.25) is 0 Å². The van der Waals surface area contributed by atoms with Crippen LogP contribution < -0.4 is 0 Å². The van der Waals surface area contributed by atoms with Gasteiger partial charge < -0.3 is 14.4 Å². The van der Waals surface area contributed by atoms with Crippen LogP contribution in [0.4, 0.5) is 0 Å². The van der Waals surface area contributed by atoms with Gasteiger partial charge in [0.1, 0.15) is 11.5 Å². The molecule has 1 saturated carbocycles. The predicted molar refractivity (Wildman–Crippen MR) is 77.7 cm³/mol. The number of carbonyl (C=O) groups excluding carboxylic acids is 1. The lowest BCUT2D eigenvalue weighted by Crippen LogP contribution is -2.27. The monoisotopic (exact) mass is 291 g/mol. The smallest absolute Gasteiger partial charge is 0.331 e. The molecule has 2 atom stereocenters. The Kier molecular flexibility index (Phi) is 4.21. The van der Waals surface area contributed by atoms with Crippen molar-refractivity contribution in [1.29, 1.82) is 0 Å². The van der Waals surface area contributed by atoms with Crippen LogP contribution in [0.15, 0.2) is 27.7 Å². The first-order chi connectivity index (χ1) is 9.81. The van der Waals surface area contributed by atoms with Crippen LogP contribution in [0.3, 0.4) is 0 Å². The summed E-state index contributed by atoms with van der Waals surface area (Å²) in [4.78, 5) is 24.5. The van der Waals surface area contributed by atoms with Gasteiger partial charge in [0, 0.05) is 24.1 Å². The fourth-order valence-electron chi connectivity index (χ4n) is 2.31. The van der Waals surface area contributed by atoms with Gasteiger partial charge in [-0.15, -0.1) is 0 Å². The zero-order chi connectivity index (χ0) is 15.7. The molecule has 0 spiro atoms. The molecule has 0 radical (unpaired) electrons. The van der Waals surface area contributed by atoms with E-state index in [1.165, 1.54) is 18.7 Å². The number of carboxylic acids is 1. The Bertz CT molecular complexity index is 599. The van der Waals surface area contributed by atoms with Crippen molar-refractivity contribution in [3.8, 4) is 0 Å². The standard InChI is InChI=1S/C16H21NO4/c1-9-7-13(9)14-6-5-12(21-14)8-17(4)15(18)10(2)11(3)16(19)20/h5-6,9,13H,7-8H2,1-4H3,(H,19,20). The Morgan fingerprint density at radius 2 is 1.95 bits per heavy atom. The summed E-state index contributed by atoms with van der Waals surface area (Å²) in [5.74, 6) is 1.51. The van der Waals surface area contributed by atoms with Gasteiger partial charge >= 0.3 is 5.97 Å². The van der Waals surface area contributed by atoms with E-state index < -0.39 is 5.97 Å². The van der Waals surface area contributed by atoms with Crippen molar-refractivity contribution < 1.29 is 19.1 Å². The molecule has 0 saturated heterocycles. The number of carboxylic acid groups (broad SMARTS) is 1. The normalized spacial score (nSPS) is 21.7. The van der Waals surface area contributed by atoms with Gasteiger partial charge in [0.25, 0.3) is 0 Å². The van der Waals surface area contributed by atoms with Gasteiger partial charge in [-0.05, 0) is 38.3 Å². The van der Waals surface area contributed by atoms with Gasteiger partial charge in [-0.25, -0.2) is 4.79 Å². The zero-order valence-corrected chi connectivity index (χ0v) is 12.8. The molecule has 1 heterocycles. The van der Waals surface area contributed by atoms with Crippen LogP contribution >= 0.6 is 0 Å². The number of furan rings is 1. The van der Waals surface area contributed by atoms with Crippen molar-refractivity contribution in [2.24, 2.45) is 5.92 Å². The molecule has 0 aliphatic heterocycles. The van der Waals surface area contributed by atoms with Crippen molar-refractivity contribution in [3.63, 3.8) is 0 Å². The molecule has 1 aliphatic rings. The second kappa shape index (κ2) is 5.76. The molecule has 1 aliphatic carbocycles. The van der Waals surface area contributed by atoms with Crippen molar-refractivity contribution in [3.05, 3.63) is 34.8 Å². The van der Waals surface area contributed by atoms with Gasteiger partial charge in [0.05, 0.1) is 6.54 Å². The van der Waals surface area contributed by atoms with Crippen LogP contribution in [-0.4, -0.2) is 28.9 Å². The highest BCUT2D eigenvalue weighted by Gasteiger charge is 2.36. The fourth-order valence-corrected chi connectivity index (χ4v) is 2.31. The molecule has 21 heavy (non-hydrogen) atoms. The average Bonchev–Trinajstić information content (AvgIpc) is 2.98. The minimum absolute atomic E-state index is 0.0683. The first-order valence-electron chi connectivity index (χ1n) is 7.06. The number of aliphatic carboxylic acids is 1. The maximum atomic E-state index is 12.2. The van der Waals surface area contributed by atoms with E-state index in [1.807, 2.05) is 12.1 Å². The third-order valence-corrected chi connectivity index (χ3v) is 4.10. The highest BCUT2D eigenvalue weighted by Crippen LogP contribution is 2.47. The van der Waals surface area contributed by atoms with Gasteiger partial charge in [-0.1, -0.05) is 6.92 Å². The van der Waals surface area contributed by atoms with Crippen LogP contribution in [0.1, 0.15) is 44.6 Å². The van der Waals surface area contributed by atoms with E-state index in [4.69, 9.17) is 9.52 Å². The second-order valence-corrected chi connectivity index (χ2v) is 5.84. The SMILES string of the molecule is CC(C(=O)O)=C(C)C(=O)N(C)Cc1ccc(C2CC2C)o1. The van der Waals surface area contributed by atoms with E-state index in [0.29, 0.717) is 18.4 Å². The molecular formula is C16H21NO4. The lowest BCUT2D eigenvalue weighted by Gasteiger charge is -2.16. The van der Waals surface area contributed by atoms with Crippen LogP contribution in [0, 0.1) is 5.92 Å². The molecule has 2 unspecified atom stereocenters. The number of hydrogen-bond acceptors (Lipinski definition) is 3. The Labute approximate surface area is 124 Å². The molecule has 1 N–H and O–H groups in total. The zero-order valence-electron chi connectivity index (χ0n) is 12.8. The number of likely N-dealkylation sites (N-methyl/N-ethyl adjacent to an activating group) is 1. The van der Waals surface area contributed by atoms with Crippen LogP contribution in [-0.2, 0) is 16.1 Å². The van der Waals surface area contributed by atoms with E-state index in [1.54, 1.807) is 7.05 Å². The van der Waals surface area contributed by atoms with Crippen molar-refractivity contribution in [2.75, 3.05) is 7.05 Å². The quantitative estimate of drug-likeness (QED) is 0.847. The summed E-state index contributed by atoms with van der Waals surface area (Å²) in [6.45, 7) is 5.49. The van der Waals surface area contributed by atoms with Crippen LogP contribution in [0.25, 0.3) is 0 Å². The van der Waals surface area contributed by atoms with E-state index in [2.05, 4.69) is 6.92 Å². The summed E-state index contributed by atoms with van der Waals surface area (Å²) in [7, 11) is 1.64. The Morgan fingerprint density at radius 3 is 2.48 bits per heavy atom. The van der Waals surface area contributed by atoms with Crippen LogP contribution in [0.5, 0.6) is 0 Å². The summed E-state index contributed by atoms with van der Waals surface area (Å²) in [6, 6.07) is 3.85. The fraction of sp³-hybridized carbons (Fsp3) is 0.500. The Balaban J connectivity index is 2.02. The van der Waals surface area contributed by atoms with Gasteiger partial charge in [-0.3, -0.25) is 4.79 Å².